The fourth-order valence-corrected chi connectivity index (χ4v) is 5.58. The summed E-state index contributed by atoms with van der Waals surface area (Å²) in [5.74, 6) is -0.602. The molecule has 2 amide bonds. The number of aliphatic hydroxyl groups is 1. The molecule has 1 fully saturated rings. The van der Waals surface area contributed by atoms with E-state index < -0.39 is 18.4 Å². The van der Waals surface area contributed by atoms with Gasteiger partial charge in [-0.15, -0.1) is 0 Å². The molecule has 186 valence electrons. The summed E-state index contributed by atoms with van der Waals surface area (Å²) in [4.78, 5) is 33.7. The van der Waals surface area contributed by atoms with Gasteiger partial charge in [-0.05, 0) is 38.0 Å². The Bertz CT molecular complexity index is 1120. The highest BCUT2D eigenvalue weighted by atomic mass is 32.2. The first kappa shape index (κ1) is 25.0. The molecule has 2 aliphatic rings. The second-order valence-corrected chi connectivity index (χ2v) is 10.1. The predicted molar refractivity (Wildman–Crippen MR) is 136 cm³/mol. The van der Waals surface area contributed by atoms with E-state index in [0.29, 0.717) is 28.5 Å². The van der Waals surface area contributed by atoms with E-state index in [1.165, 1.54) is 4.90 Å². The number of carbonyl (C=O) groups excluding carboxylic acids is 1. The number of hydrogen-bond acceptors (Lipinski definition) is 6. The summed E-state index contributed by atoms with van der Waals surface area (Å²) in [7, 11) is 2.09. The molecule has 10 heteroatoms. The van der Waals surface area contributed by atoms with E-state index in [2.05, 4.69) is 24.2 Å². The molecule has 0 bridgehead atoms. The first-order valence-electron chi connectivity index (χ1n) is 11.8. The number of amides is 2. The van der Waals surface area contributed by atoms with Gasteiger partial charge in [-0.2, -0.15) is 4.99 Å². The lowest BCUT2D eigenvalue weighted by atomic mass is 10.1. The Labute approximate surface area is 209 Å². The van der Waals surface area contributed by atoms with Crippen molar-refractivity contribution in [1.29, 1.82) is 0 Å². The van der Waals surface area contributed by atoms with Crippen molar-refractivity contribution in [3.8, 4) is 0 Å². The largest absolute Gasteiger partial charge is 0.481 e. The van der Waals surface area contributed by atoms with E-state index in [1.807, 2.05) is 49.4 Å². The van der Waals surface area contributed by atoms with Crippen LogP contribution in [0.4, 0.5) is 16.2 Å². The average Bonchev–Trinajstić information content (AvgIpc) is 3.14. The molecule has 3 unspecified atom stereocenters. The zero-order valence-electron chi connectivity index (χ0n) is 20.2. The lowest BCUT2D eigenvalue weighted by Crippen LogP contribution is -3.22. The topological polar surface area (TPSA) is 110 Å². The summed E-state index contributed by atoms with van der Waals surface area (Å²) in [5.41, 5.74) is 3.97. The van der Waals surface area contributed by atoms with Gasteiger partial charge in [-0.25, -0.2) is 19.9 Å². The highest BCUT2D eigenvalue weighted by molar-refractivity contribution is 8.00. The van der Waals surface area contributed by atoms with Crippen LogP contribution in [0.1, 0.15) is 37.3 Å². The monoisotopic (exact) mass is 498 g/mol. The summed E-state index contributed by atoms with van der Waals surface area (Å²) in [6, 6.07) is 13.5. The number of guanidine groups is 1. The average molecular weight is 499 g/mol. The number of aliphatic hydroxyl groups excluding tert-OH is 1. The Balaban J connectivity index is 1.62. The molecule has 2 aliphatic heterocycles. The first-order valence-corrected chi connectivity index (χ1v) is 12.7. The highest BCUT2D eigenvalue weighted by Crippen LogP contribution is 2.45. The van der Waals surface area contributed by atoms with Crippen LogP contribution in [-0.2, 0) is 11.3 Å². The van der Waals surface area contributed by atoms with Gasteiger partial charge in [0.05, 0.1) is 16.7 Å². The van der Waals surface area contributed by atoms with Crippen molar-refractivity contribution in [3.63, 3.8) is 0 Å². The van der Waals surface area contributed by atoms with Crippen LogP contribution in [0.5, 0.6) is 0 Å². The normalized spacial score (nSPS) is 22.9. The minimum absolute atomic E-state index is 0.0786. The molecule has 0 saturated carbocycles. The molecule has 0 radical (unpaired) electrons. The van der Waals surface area contributed by atoms with Gasteiger partial charge in [-0.3, -0.25) is 4.79 Å². The molecular weight excluding hydrogens is 466 g/mol. The maximum atomic E-state index is 12.8. The van der Waals surface area contributed by atoms with Gasteiger partial charge in [0.1, 0.15) is 6.54 Å². The first-order chi connectivity index (χ1) is 16.8. The number of rotatable bonds is 8. The van der Waals surface area contributed by atoms with Crippen molar-refractivity contribution in [2.24, 2.45) is 4.99 Å². The predicted octanol–water partition coefficient (Wildman–Crippen LogP) is 2.51. The SMILES string of the molecule is CCC1Sc2cc(N=C3NC(=O)N(CCCC(=O)O)C(O)[NH+]3Cc3ccc(C)cc3)ccc2N1C. The van der Waals surface area contributed by atoms with Crippen molar-refractivity contribution >= 4 is 41.1 Å². The van der Waals surface area contributed by atoms with Gasteiger partial charge in [-0.1, -0.05) is 48.5 Å². The molecule has 9 nitrogen and oxygen atoms in total. The van der Waals surface area contributed by atoms with Crippen molar-refractivity contribution in [3.05, 3.63) is 53.6 Å². The highest BCUT2D eigenvalue weighted by Gasteiger charge is 2.41. The number of nitrogens with zero attached hydrogens (tertiary/aromatic N) is 3. The minimum Gasteiger partial charge on any atom is -0.481 e. The van der Waals surface area contributed by atoms with Gasteiger partial charge < -0.3 is 15.1 Å². The van der Waals surface area contributed by atoms with E-state index in [4.69, 9.17) is 10.1 Å². The van der Waals surface area contributed by atoms with Crippen molar-refractivity contribution in [2.75, 3.05) is 18.5 Å². The number of carboxylic acid groups (broad SMARTS) is 1. The molecule has 2 heterocycles. The molecule has 4 rings (SSSR count). The second kappa shape index (κ2) is 10.7. The Morgan fingerprint density at radius 3 is 2.66 bits per heavy atom. The van der Waals surface area contributed by atoms with Gasteiger partial charge >= 0.3 is 18.0 Å². The third kappa shape index (κ3) is 5.61. The fourth-order valence-electron chi connectivity index (χ4n) is 4.33. The van der Waals surface area contributed by atoms with Crippen LogP contribution < -0.4 is 15.1 Å². The summed E-state index contributed by atoms with van der Waals surface area (Å²) in [6.07, 6.45) is -0.00562. The Kier molecular flexibility index (Phi) is 7.63. The molecule has 1 saturated heterocycles. The summed E-state index contributed by atoms with van der Waals surface area (Å²) >= 11 is 1.80. The molecule has 3 atom stereocenters. The smallest absolute Gasteiger partial charge is 0.333 e. The quantitative estimate of drug-likeness (QED) is 0.445. The van der Waals surface area contributed by atoms with Crippen LogP contribution in [0.3, 0.4) is 0 Å². The van der Waals surface area contributed by atoms with Crippen molar-refractivity contribution in [1.82, 2.24) is 10.2 Å². The van der Waals surface area contributed by atoms with E-state index in [-0.39, 0.29) is 19.4 Å². The van der Waals surface area contributed by atoms with Crippen LogP contribution >= 0.6 is 11.8 Å². The van der Waals surface area contributed by atoms with E-state index in [1.54, 1.807) is 11.8 Å². The van der Waals surface area contributed by atoms with Gasteiger partial charge in [0.15, 0.2) is 0 Å². The molecule has 4 N–H and O–H groups in total. The Morgan fingerprint density at radius 1 is 1.23 bits per heavy atom. The maximum Gasteiger partial charge on any atom is 0.333 e. The number of aliphatic imine (C=N–C) groups is 1. The number of fused-ring (bicyclic) bond motifs is 1. The molecule has 35 heavy (non-hydrogen) atoms. The molecule has 0 aliphatic carbocycles. The standard InChI is InChI=1S/C25H31N5O4S/c1-4-21-28(3)19-12-11-18(14-20(19)35-21)26-23-27-24(33)29(13-5-6-22(31)32)25(34)30(23)15-17-9-7-16(2)8-10-17/h7-12,14,21,25,34H,4-6,13,15H2,1-3H3,(H,31,32)(H,26,27,33)/p+1. The molecule has 0 aromatic heterocycles. The molecule has 2 aromatic carbocycles. The summed E-state index contributed by atoms with van der Waals surface area (Å²) in [6.45, 7) is 4.70. The minimum atomic E-state index is -1.20. The number of urea groups is 1. The van der Waals surface area contributed by atoms with Crippen LogP contribution in [0, 0.1) is 6.92 Å². The molecule has 0 spiro atoms. The Hall–Kier alpha value is -3.08. The number of aliphatic carboxylic acids is 1. The van der Waals surface area contributed by atoms with Crippen LogP contribution in [-0.4, -0.2) is 58.4 Å². The van der Waals surface area contributed by atoms with Gasteiger partial charge in [0, 0.05) is 30.5 Å². The number of anilines is 1. The van der Waals surface area contributed by atoms with E-state index in [0.717, 1.165) is 28.1 Å². The fraction of sp³-hybridized carbons (Fsp3) is 0.400. The maximum absolute atomic E-state index is 12.8. The molecule has 2 aromatic rings. The number of quaternary nitrogens is 1. The number of carboxylic acids is 1. The summed E-state index contributed by atoms with van der Waals surface area (Å²) < 4.78 is 0. The van der Waals surface area contributed by atoms with Crippen LogP contribution in [0.2, 0.25) is 0 Å². The van der Waals surface area contributed by atoms with Gasteiger partial charge in [0.25, 0.3) is 6.35 Å². The van der Waals surface area contributed by atoms with Crippen LogP contribution in [0.25, 0.3) is 0 Å². The van der Waals surface area contributed by atoms with Crippen molar-refractivity contribution < 1.29 is 24.7 Å². The number of benzene rings is 2. The number of thioether (sulfide) groups is 1. The third-order valence-electron chi connectivity index (χ3n) is 6.31. The second-order valence-electron chi connectivity index (χ2n) is 8.89. The number of hydrogen-bond donors (Lipinski definition) is 4. The van der Waals surface area contributed by atoms with Gasteiger partial charge in [0.2, 0.25) is 0 Å². The lowest BCUT2D eigenvalue weighted by molar-refractivity contribution is -0.893. The molecular formula is C25H32N5O4S+. The van der Waals surface area contributed by atoms with Crippen molar-refractivity contribution in [2.45, 2.75) is 56.3 Å². The Morgan fingerprint density at radius 2 is 1.97 bits per heavy atom. The summed E-state index contributed by atoms with van der Waals surface area (Å²) in [5, 5.41) is 23.3. The number of nitrogens with one attached hydrogen (secondary N) is 2. The lowest BCUT2D eigenvalue weighted by Gasteiger charge is -2.37. The number of aryl methyl sites for hydroxylation is 1. The third-order valence-corrected chi connectivity index (χ3v) is 7.81. The van der Waals surface area contributed by atoms with E-state index in [9.17, 15) is 14.7 Å². The zero-order chi connectivity index (χ0) is 25.1. The van der Waals surface area contributed by atoms with E-state index >= 15 is 0 Å². The zero-order valence-corrected chi connectivity index (χ0v) is 21.0. The van der Waals surface area contributed by atoms with Crippen LogP contribution in [0.15, 0.2) is 52.4 Å². The number of carbonyl (C=O) groups is 2.